The van der Waals surface area contributed by atoms with Gasteiger partial charge in [-0.3, -0.25) is 33.3 Å². The van der Waals surface area contributed by atoms with E-state index < -0.39 is 20.1 Å². The number of carbonyl (C=O) groups excluding carboxylic acids is 6. The van der Waals surface area contributed by atoms with Gasteiger partial charge in [-0.15, -0.1) is 45.3 Å². The average molecular weight is 1930 g/mol. The van der Waals surface area contributed by atoms with Crippen molar-refractivity contribution in [2.24, 2.45) is 0 Å². The Balaban J connectivity index is 0.000000120. The number of aromatic amines is 2. The van der Waals surface area contributed by atoms with Crippen LogP contribution in [0.1, 0.15) is 79.2 Å². The standard InChI is InChI=1S/C29H23N3O4S.C21H19N3O3S.2C21H17N3O3S.C8H7ClO.Mn.2O/c1-17-5-3-4-6-22(17)28(34)32-12-11-20-15-21(8-9-23(20)32)27-18(2)37-29(31-27)30-26(33)14-19-7-10-24-25(13-19)36-16-35-24;3*1-12-20(15-3-4-16-14(10-15)6-7-22-16)24-21(28-12)23-19(25)9-13-2-5-17-18(8-13)27-11-26-17;1-6-4-2-3-5-7(6)8(9)10;;;/h3-13,15H,14,16H2,1-2H3,(H,30,31,33);2-5,8,10,22H,6-7,9,11H2,1H3,(H,23,24,25);2*2-8,10,22H,9,11H2,1H3,(H,23,24,25);2-5H,1H3;;;. The summed E-state index contributed by atoms with van der Waals surface area (Å²) in [4.78, 5) is 103. The Morgan fingerprint density at radius 2 is 0.731 bits per heavy atom. The number of rotatable bonds is 18. The molecule has 0 spiro atoms. The molecular formula is C100H83ClMnN12O16S4. The molecule has 0 saturated heterocycles. The molecule has 10 aromatic carbocycles. The van der Waals surface area contributed by atoms with Crippen molar-refractivity contribution in [3.8, 4) is 91.0 Å². The molecule has 5 aliphatic heterocycles. The van der Waals surface area contributed by atoms with Gasteiger partial charge in [0.05, 0.1) is 54.0 Å². The van der Waals surface area contributed by atoms with Gasteiger partial charge in [-0.25, -0.2) is 19.9 Å². The van der Waals surface area contributed by atoms with E-state index >= 15 is 0 Å². The van der Waals surface area contributed by atoms with Crippen molar-refractivity contribution in [3.05, 3.63) is 300 Å². The molecule has 34 heteroatoms. The van der Waals surface area contributed by atoms with E-state index in [9.17, 15) is 28.8 Å². The number of nitrogens with one attached hydrogen (secondary N) is 7. The molecule has 0 saturated carbocycles. The van der Waals surface area contributed by atoms with Crippen LogP contribution in [0, 0.1) is 41.5 Å². The molecule has 677 valence electrons. The van der Waals surface area contributed by atoms with Gasteiger partial charge in [-0.2, -0.15) is 0 Å². The van der Waals surface area contributed by atoms with E-state index in [4.69, 9.17) is 62.1 Å². The number of aryl methyl sites for hydroxylation is 6. The van der Waals surface area contributed by atoms with Crippen LogP contribution in [0.25, 0.3) is 77.7 Å². The zero-order valence-corrected chi connectivity index (χ0v) is 77.9. The molecule has 17 aromatic rings. The molecule has 4 amide bonds. The summed E-state index contributed by atoms with van der Waals surface area (Å²) in [5.41, 5.74) is 19.7. The summed E-state index contributed by atoms with van der Waals surface area (Å²) < 4.78 is 61.2. The first-order valence-corrected chi connectivity index (χ1v) is 46.7. The second-order valence-corrected chi connectivity index (χ2v) is 36.5. The monoisotopic (exact) mass is 1930 g/mol. The van der Waals surface area contributed by atoms with Crippen LogP contribution in [-0.2, 0) is 73.8 Å². The molecule has 134 heavy (non-hydrogen) atoms. The van der Waals surface area contributed by atoms with E-state index in [0.717, 1.165) is 144 Å². The van der Waals surface area contributed by atoms with E-state index in [-0.39, 0.29) is 82.4 Å². The Hall–Kier alpha value is -14.8. The van der Waals surface area contributed by atoms with E-state index in [2.05, 4.69) is 81.8 Å². The van der Waals surface area contributed by atoms with E-state index in [1.165, 1.54) is 56.6 Å². The van der Waals surface area contributed by atoms with Crippen LogP contribution in [0.3, 0.4) is 0 Å². The number of amides is 4. The number of carbonyl (C=O) groups is 6. The van der Waals surface area contributed by atoms with Gasteiger partial charge in [-0.1, -0.05) is 84.9 Å². The number of aromatic nitrogens is 7. The molecule has 0 aliphatic carbocycles. The van der Waals surface area contributed by atoms with E-state index in [1.807, 2.05) is 224 Å². The quantitative estimate of drug-likeness (QED) is 0.0310. The van der Waals surface area contributed by atoms with Crippen molar-refractivity contribution in [2.75, 3.05) is 60.3 Å². The fraction of sp³-hybridized carbons (Fsp3) is 0.160. The maximum absolute atomic E-state index is 13.1. The number of H-pyrrole nitrogens is 2. The number of nitrogens with zero attached hydrogens (tertiary/aromatic N) is 5. The Labute approximate surface area is 793 Å². The second kappa shape index (κ2) is 41.3. The predicted octanol–water partition coefficient (Wildman–Crippen LogP) is 21.1. The van der Waals surface area contributed by atoms with E-state index in [0.29, 0.717) is 77.6 Å². The van der Waals surface area contributed by atoms with E-state index in [1.54, 1.807) is 22.9 Å². The average Bonchev–Trinajstić information content (AvgIpc) is 1.68. The molecule has 22 rings (SSSR count). The summed E-state index contributed by atoms with van der Waals surface area (Å²) >= 11 is 9.73. The topological polar surface area (TPSA) is 359 Å². The molecule has 0 radical (unpaired) electrons. The molecule has 0 unspecified atom stereocenters. The van der Waals surface area contributed by atoms with Gasteiger partial charge in [0.15, 0.2) is 66.5 Å². The van der Waals surface area contributed by atoms with Gasteiger partial charge in [0, 0.05) is 111 Å². The molecule has 0 bridgehead atoms. The van der Waals surface area contributed by atoms with Crippen molar-refractivity contribution in [3.63, 3.8) is 0 Å². The zero-order chi connectivity index (χ0) is 93.0. The van der Waals surface area contributed by atoms with Crippen LogP contribution in [0.4, 0.5) is 26.2 Å². The third kappa shape index (κ3) is 21.7. The molecule has 12 heterocycles. The van der Waals surface area contributed by atoms with Crippen molar-refractivity contribution in [1.82, 2.24) is 34.5 Å². The first-order chi connectivity index (χ1) is 65.0. The molecule has 0 fully saturated rings. The van der Waals surface area contributed by atoms with Crippen LogP contribution < -0.4 is 64.5 Å². The number of anilines is 5. The summed E-state index contributed by atoms with van der Waals surface area (Å²) in [5.74, 6) is 5.00. The zero-order valence-electron chi connectivity index (χ0n) is 72.7. The maximum atomic E-state index is 13.1. The van der Waals surface area contributed by atoms with Gasteiger partial charge in [-0.05, 0) is 226 Å². The number of benzene rings is 10. The molecular weight excluding hydrogens is 1840 g/mol. The number of halogens is 1. The number of hydrogen-bond donors (Lipinski definition) is 7. The van der Waals surface area contributed by atoms with Crippen LogP contribution in [0.5, 0.6) is 46.0 Å². The molecule has 0 atom stereocenters. The van der Waals surface area contributed by atoms with Crippen LogP contribution >= 0.6 is 56.9 Å². The Bertz CT molecular complexity index is 7230. The molecule has 7 N–H and O–H groups in total. The summed E-state index contributed by atoms with van der Waals surface area (Å²) in [5, 5.41) is 20.2. The van der Waals surface area contributed by atoms with Crippen molar-refractivity contribution in [2.45, 2.75) is 73.6 Å². The van der Waals surface area contributed by atoms with Gasteiger partial charge < -0.3 is 74.4 Å². The van der Waals surface area contributed by atoms with Gasteiger partial charge in [0.2, 0.25) is 50.8 Å². The second-order valence-electron chi connectivity index (χ2n) is 31.2. The van der Waals surface area contributed by atoms with Crippen LogP contribution in [0.2, 0.25) is 0 Å². The number of thiazole rings is 4. The van der Waals surface area contributed by atoms with Crippen molar-refractivity contribution >= 4 is 151 Å². The van der Waals surface area contributed by atoms with Gasteiger partial charge >= 0.3 is 22.5 Å². The van der Waals surface area contributed by atoms with Gasteiger partial charge in [0.25, 0.3) is 11.1 Å². The predicted molar refractivity (Wildman–Crippen MR) is 514 cm³/mol. The molecule has 28 nitrogen and oxygen atoms in total. The summed E-state index contributed by atoms with van der Waals surface area (Å²) in [7, 11) is 0. The Morgan fingerprint density at radius 1 is 0.388 bits per heavy atom. The molecule has 7 aromatic heterocycles. The fourth-order valence-electron chi connectivity index (χ4n) is 15.5. The number of ether oxygens (including phenoxy) is 8. The SMILES string of the molecule is Cc1ccccc1C(=O)Cl.Cc1ccccc1C(=O)n1ccc2cc(-c3nc(NC(=O)Cc4ccc5c(c4)OCO5)sc3C)ccc21.Cc1sc(NC(=O)Cc2ccc3c(c2)OCO3)nc1-c1ccc2[nH]ccc2c1.Cc1sc(NC(=O)Cc2ccc3c(c2)OCO3)nc1-c1ccc2[nH]ccc2c1.Cc1sc(NC(=O)Cc2ccc3c(c2)OCO3)nc1-c1ccc2c(c1)CCN2.[O]=[Mn]=[O]. The number of fused-ring (bicyclic) bond motifs is 8. The first-order valence-electron chi connectivity index (χ1n) is 42.1. The van der Waals surface area contributed by atoms with Gasteiger partial charge in [0.1, 0.15) is 0 Å². The third-order valence-corrected chi connectivity index (χ3v) is 25.8. The normalized spacial score (nSPS) is 12.3. The minimum absolute atomic E-state index is 0.0573. The third-order valence-electron chi connectivity index (χ3n) is 22.0. The fourth-order valence-corrected chi connectivity index (χ4v) is 19.1. The summed E-state index contributed by atoms with van der Waals surface area (Å²) in [6.07, 6.45) is 7.65. The van der Waals surface area contributed by atoms with Crippen LogP contribution in [0.15, 0.2) is 231 Å². The minimum atomic E-state index is -1.44. The first kappa shape index (κ1) is 91.1. The Morgan fingerprint density at radius 3 is 1.10 bits per heavy atom. The van der Waals surface area contributed by atoms with Crippen molar-refractivity contribution in [1.29, 1.82) is 0 Å². The number of hydrogen-bond acceptors (Lipinski definition) is 25. The molecule has 5 aliphatic rings. The summed E-state index contributed by atoms with van der Waals surface area (Å²) in [6, 6.07) is 67.6. The van der Waals surface area contributed by atoms with Crippen LogP contribution in [-0.4, -0.2) is 103 Å². The summed E-state index contributed by atoms with van der Waals surface area (Å²) in [6.45, 7) is 13.7. The van der Waals surface area contributed by atoms with Crippen molar-refractivity contribution < 1.29 is 89.2 Å². The Kier molecular flexibility index (Phi) is 28.1.